The van der Waals surface area contributed by atoms with E-state index in [9.17, 15) is 0 Å². The molecule has 1 fully saturated rings. The molecule has 0 bridgehead atoms. The zero-order chi connectivity index (χ0) is 15.0. The summed E-state index contributed by atoms with van der Waals surface area (Å²) in [7, 11) is 0. The van der Waals surface area contributed by atoms with E-state index in [0.717, 1.165) is 18.5 Å². The number of hydrogen-bond acceptors (Lipinski definition) is 2. The zero-order valence-electron chi connectivity index (χ0n) is 14.7. The summed E-state index contributed by atoms with van der Waals surface area (Å²) in [6.45, 7) is 16.5. The van der Waals surface area contributed by atoms with Crippen LogP contribution in [0.1, 0.15) is 73.1 Å². The van der Waals surface area contributed by atoms with E-state index in [1.54, 1.807) is 0 Å². The molecule has 2 nitrogen and oxygen atoms in total. The van der Waals surface area contributed by atoms with Gasteiger partial charge in [0.2, 0.25) is 0 Å². The van der Waals surface area contributed by atoms with Crippen molar-refractivity contribution in [3.63, 3.8) is 0 Å². The van der Waals surface area contributed by atoms with Gasteiger partial charge in [0.1, 0.15) is 0 Å². The van der Waals surface area contributed by atoms with Gasteiger partial charge in [-0.2, -0.15) is 0 Å². The van der Waals surface area contributed by atoms with Crippen LogP contribution in [0.2, 0.25) is 0 Å². The predicted octanol–water partition coefficient (Wildman–Crippen LogP) is 4.30. The largest absolute Gasteiger partial charge is 0.316 e. The molecule has 2 heteroatoms. The maximum atomic E-state index is 3.76. The van der Waals surface area contributed by atoms with Gasteiger partial charge in [0.25, 0.3) is 0 Å². The van der Waals surface area contributed by atoms with Crippen molar-refractivity contribution in [1.29, 1.82) is 0 Å². The molecule has 0 heterocycles. The normalized spacial score (nSPS) is 20.6. The summed E-state index contributed by atoms with van der Waals surface area (Å²) >= 11 is 0. The van der Waals surface area contributed by atoms with Crippen LogP contribution in [0.3, 0.4) is 0 Å². The topological polar surface area (TPSA) is 15.3 Å². The Morgan fingerprint density at radius 3 is 2.20 bits per heavy atom. The molecule has 0 spiro atoms. The second-order valence-corrected chi connectivity index (χ2v) is 7.41. The molecule has 0 aliphatic heterocycles. The fourth-order valence-electron chi connectivity index (χ4n) is 3.59. The molecular formula is C18H38N2. The second-order valence-electron chi connectivity index (χ2n) is 7.41. The Morgan fingerprint density at radius 1 is 1.05 bits per heavy atom. The molecular weight excluding hydrogens is 244 g/mol. The van der Waals surface area contributed by atoms with Crippen LogP contribution in [-0.4, -0.2) is 37.1 Å². The van der Waals surface area contributed by atoms with E-state index in [2.05, 4.69) is 44.8 Å². The van der Waals surface area contributed by atoms with E-state index in [1.807, 2.05) is 0 Å². The molecule has 0 amide bonds. The second kappa shape index (κ2) is 9.04. The first-order valence-corrected chi connectivity index (χ1v) is 8.97. The summed E-state index contributed by atoms with van der Waals surface area (Å²) in [6, 6.07) is 0.726. The summed E-state index contributed by atoms with van der Waals surface area (Å²) in [4.78, 5) is 2.71. The molecule has 1 atom stereocenters. The first kappa shape index (κ1) is 18.0. The van der Waals surface area contributed by atoms with Crippen molar-refractivity contribution in [2.45, 2.75) is 79.2 Å². The molecule has 0 saturated heterocycles. The zero-order valence-corrected chi connectivity index (χ0v) is 14.7. The van der Waals surface area contributed by atoms with E-state index in [1.165, 1.54) is 58.2 Å². The van der Waals surface area contributed by atoms with Crippen molar-refractivity contribution < 1.29 is 0 Å². The van der Waals surface area contributed by atoms with Crippen molar-refractivity contribution in [3.8, 4) is 0 Å². The van der Waals surface area contributed by atoms with Crippen LogP contribution < -0.4 is 5.32 Å². The first-order chi connectivity index (χ1) is 9.53. The van der Waals surface area contributed by atoms with Crippen LogP contribution in [0.5, 0.6) is 0 Å². The van der Waals surface area contributed by atoms with Gasteiger partial charge >= 0.3 is 0 Å². The lowest BCUT2D eigenvalue weighted by atomic mass is 9.73. The van der Waals surface area contributed by atoms with Gasteiger partial charge < -0.3 is 10.2 Å². The van der Waals surface area contributed by atoms with Crippen molar-refractivity contribution in [2.24, 2.45) is 11.3 Å². The molecule has 1 saturated carbocycles. The molecule has 20 heavy (non-hydrogen) atoms. The van der Waals surface area contributed by atoms with Gasteiger partial charge in [-0.15, -0.1) is 0 Å². The minimum Gasteiger partial charge on any atom is -0.316 e. The first-order valence-electron chi connectivity index (χ1n) is 8.97. The third kappa shape index (κ3) is 5.73. The van der Waals surface area contributed by atoms with E-state index < -0.39 is 0 Å². The number of nitrogens with zero attached hydrogens (tertiary/aromatic N) is 1. The smallest absolute Gasteiger partial charge is 0.00644 e. The van der Waals surface area contributed by atoms with Crippen LogP contribution >= 0.6 is 0 Å². The highest BCUT2D eigenvalue weighted by Crippen LogP contribution is 2.37. The minimum atomic E-state index is 0.534. The highest BCUT2D eigenvalue weighted by molar-refractivity contribution is 4.88. The van der Waals surface area contributed by atoms with Crippen LogP contribution in [0, 0.1) is 11.3 Å². The average molecular weight is 283 g/mol. The van der Waals surface area contributed by atoms with E-state index in [-0.39, 0.29) is 0 Å². The number of nitrogens with one attached hydrogen (secondary N) is 1. The van der Waals surface area contributed by atoms with Crippen molar-refractivity contribution in [3.05, 3.63) is 0 Å². The third-order valence-electron chi connectivity index (χ3n) is 5.13. The van der Waals surface area contributed by atoms with E-state index >= 15 is 0 Å². The summed E-state index contributed by atoms with van der Waals surface area (Å²) in [6.07, 6.45) is 8.42. The molecule has 1 rings (SSSR count). The Labute approximate surface area is 127 Å². The predicted molar refractivity (Wildman–Crippen MR) is 90.2 cm³/mol. The molecule has 0 aromatic rings. The lowest BCUT2D eigenvalue weighted by Crippen LogP contribution is -2.48. The van der Waals surface area contributed by atoms with E-state index in [4.69, 9.17) is 0 Å². The summed E-state index contributed by atoms with van der Waals surface area (Å²) < 4.78 is 0. The Kier molecular flexibility index (Phi) is 8.13. The highest BCUT2D eigenvalue weighted by atomic mass is 15.2. The Bertz CT molecular complexity index is 244. The lowest BCUT2D eigenvalue weighted by Gasteiger charge is -2.43. The van der Waals surface area contributed by atoms with Crippen LogP contribution in [0.15, 0.2) is 0 Å². The van der Waals surface area contributed by atoms with E-state index in [0.29, 0.717) is 5.41 Å². The SMILES string of the molecule is CCC(C)N(CC)CC1(CNCC(C)C)CCCCC1. The molecule has 0 radical (unpaired) electrons. The summed E-state index contributed by atoms with van der Waals surface area (Å²) in [5.74, 6) is 0.757. The monoisotopic (exact) mass is 282 g/mol. The maximum Gasteiger partial charge on any atom is 0.00644 e. The molecule has 1 aliphatic carbocycles. The standard InChI is InChI=1S/C18H38N2/c1-6-17(5)20(7-2)15-18(11-9-8-10-12-18)14-19-13-16(3)4/h16-17,19H,6-15H2,1-5H3. The number of hydrogen-bond donors (Lipinski definition) is 1. The molecule has 1 unspecified atom stereocenters. The van der Waals surface area contributed by atoms with Gasteiger partial charge in [-0.3, -0.25) is 0 Å². The summed E-state index contributed by atoms with van der Waals surface area (Å²) in [5, 5.41) is 3.76. The van der Waals surface area contributed by atoms with Crippen molar-refractivity contribution >= 4 is 0 Å². The molecule has 0 aromatic heterocycles. The number of rotatable bonds is 9. The quantitative estimate of drug-likeness (QED) is 0.678. The molecule has 0 aromatic carbocycles. The van der Waals surface area contributed by atoms with Gasteiger partial charge in [-0.1, -0.05) is 47.0 Å². The van der Waals surface area contributed by atoms with Crippen LogP contribution in [0.25, 0.3) is 0 Å². The highest BCUT2D eigenvalue weighted by Gasteiger charge is 2.34. The maximum absolute atomic E-state index is 3.76. The Morgan fingerprint density at radius 2 is 1.70 bits per heavy atom. The average Bonchev–Trinajstić information content (AvgIpc) is 2.44. The fourth-order valence-corrected chi connectivity index (χ4v) is 3.59. The summed E-state index contributed by atoms with van der Waals surface area (Å²) in [5.41, 5.74) is 0.534. The molecule has 1 N–H and O–H groups in total. The van der Waals surface area contributed by atoms with Gasteiger partial charge in [-0.05, 0) is 50.6 Å². The van der Waals surface area contributed by atoms with Gasteiger partial charge in [0, 0.05) is 19.1 Å². The van der Waals surface area contributed by atoms with Gasteiger partial charge in [0.15, 0.2) is 0 Å². The van der Waals surface area contributed by atoms with Crippen molar-refractivity contribution in [1.82, 2.24) is 10.2 Å². The molecule has 120 valence electrons. The molecule has 1 aliphatic rings. The van der Waals surface area contributed by atoms with Gasteiger partial charge in [-0.25, -0.2) is 0 Å². The van der Waals surface area contributed by atoms with Crippen molar-refractivity contribution in [2.75, 3.05) is 26.2 Å². The van der Waals surface area contributed by atoms with Gasteiger partial charge in [0.05, 0.1) is 0 Å². The van der Waals surface area contributed by atoms with Crippen LogP contribution in [0.4, 0.5) is 0 Å². The Balaban J connectivity index is 2.61. The Hall–Kier alpha value is -0.0800. The van der Waals surface area contributed by atoms with Crippen LogP contribution in [-0.2, 0) is 0 Å². The fraction of sp³-hybridized carbons (Fsp3) is 1.00. The third-order valence-corrected chi connectivity index (χ3v) is 5.13. The lowest BCUT2D eigenvalue weighted by molar-refractivity contribution is 0.0807. The minimum absolute atomic E-state index is 0.534.